The van der Waals surface area contributed by atoms with Crippen LogP contribution in [0.25, 0.3) is 0 Å². The number of thiocarbonyl (C=S) groups is 1. The first kappa shape index (κ1) is 15.4. The van der Waals surface area contributed by atoms with Gasteiger partial charge in [0.1, 0.15) is 16.6 Å². The zero-order valence-corrected chi connectivity index (χ0v) is 11.5. The number of nitrogens with two attached hydrogens (primary N) is 1. The predicted octanol–water partition coefficient (Wildman–Crippen LogP) is 2.18. The molecule has 0 saturated carbocycles. The second-order valence-corrected chi connectivity index (χ2v) is 4.31. The van der Waals surface area contributed by atoms with Gasteiger partial charge in [0, 0.05) is 11.6 Å². The van der Waals surface area contributed by atoms with Crippen molar-refractivity contribution in [3.63, 3.8) is 0 Å². The van der Waals surface area contributed by atoms with Crippen LogP contribution in [-0.4, -0.2) is 24.2 Å². The summed E-state index contributed by atoms with van der Waals surface area (Å²) in [6.07, 6.45) is 1.75. The number of hydrogen-bond donors (Lipinski definition) is 1. The molecule has 0 spiro atoms. The van der Waals surface area contributed by atoms with E-state index in [1.807, 2.05) is 6.92 Å². The van der Waals surface area contributed by atoms with Crippen molar-refractivity contribution in [2.45, 2.75) is 19.8 Å². The van der Waals surface area contributed by atoms with Crippen molar-refractivity contribution in [3.05, 3.63) is 29.6 Å². The summed E-state index contributed by atoms with van der Waals surface area (Å²) in [7, 11) is 0. The van der Waals surface area contributed by atoms with Gasteiger partial charge in [-0.25, -0.2) is 9.18 Å². The minimum atomic E-state index is -0.579. The monoisotopic (exact) mass is 285 g/mol. The average molecular weight is 285 g/mol. The van der Waals surface area contributed by atoms with Gasteiger partial charge in [0.15, 0.2) is 6.61 Å². The summed E-state index contributed by atoms with van der Waals surface area (Å²) in [6, 6.07) is 4.04. The molecule has 104 valence electrons. The van der Waals surface area contributed by atoms with E-state index in [1.165, 1.54) is 12.1 Å². The van der Waals surface area contributed by atoms with Gasteiger partial charge in [-0.15, -0.1) is 0 Å². The third-order valence-corrected chi connectivity index (χ3v) is 2.54. The Kier molecular flexibility index (Phi) is 6.21. The van der Waals surface area contributed by atoms with Crippen molar-refractivity contribution in [2.24, 2.45) is 5.73 Å². The second-order valence-electron chi connectivity index (χ2n) is 3.87. The lowest BCUT2D eigenvalue weighted by Crippen LogP contribution is -2.16. The number of carbonyl (C=O) groups is 1. The van der Waals surface area contributed by atoms with Gasteiger partial charge < -0.3 is 15.2 Å². The Balaban J connectivity index is 2.48. The van der Waals surface area contributed by atoms with Crippen LogP contribution in [-0.2, 0) is 9.53 Å². The quantitative estimate of drug-likeness (QED) is 0.472. The molecule has 0 atom stereocenters. The molecule has 0 heterocycles. The highest BCUT2D eigenvalue weighted by Gasteiger charge is 2.08. The molecule has 0 bridgehead atoms. The molecule has 0 saturated heterocycles. The maximum absolute atomic E-state index is 13.5. The fourth-order valence-electron chi connectivity index (χ4n) is 1.30. The van der Waals surface area contributed by atoms with Crippen LogP contribution >= 0.6 is 12.2 Å². The minimum Gasteiger partial charge on any atom is -0.482 e. The van der Waals surface area contributed by atoms with Crippen molar-refractivity contribution >= 4 is 23.2 Å². The summed E-state index contributed by atoms with van der Waals surface area (Å²) in [5.74, 6) is -0.832. The number of hydrogen-bond acceptors (Lipinski definition) is 4. The third-order valence-electron chi connectivity index (χ3n) is 2.32. The summed E-state index contributed by atoms with van der Waals surface area (Å²) in [4.78, 5) is 11.2. The van der Waals surface area contributed by atoms with Crippen LogP contribution in [0.15, 0.2) is 18.2 Å². The largest absolute Gasteiger partial charge is 0.482 e. The summed E-state index contributed by atoms with van der Waals surface area (Å²) < 4.78 is 23.5. The zero-order chi connectivity index (χ0) is 14.3. The molecule has 2 N–H and O–H groups in total. The van der Waals surface area contributed by atoms with Crippen molar-refractivity contribution in [1.82, 2.24) is 0 Å². The first-order valence-electron chi connectivity index (χ1n) is 5.92. The number of halogens is 1. The van der Waals surface area contributed by atoms with E-state index in [4.69, 9.17) is 15.2 Å². The maximum atomic E-state index is 13.5. The topological polar surface area (TPSA) is 61.5 Å². The Morgan fingerprint density at radius 2 is 2.21 bits per heavy atom. The Morgan fingerprint density at radius 1 is 1.47 bits per heavy atom. The Hall–Kier alpha value is -1.69. The molecule has 0 aliphatic carbocycles. The lowest BCUT2D eigenvalue weighted by atomic mass is 10.2. The lowest BCUT2D eigenvalue weighted by Gasteiger charge is -2.08. The lowest BCUT2D eigenvalue weighted by molar-refractivity contribution is -0.146. The van der Waals surface area contributed by atoms with E-state index >= 15 is 0 Å². The minimum absolute atomic E-state index is 0.0250. The van der Waals surface area contributed by atoms with Crippen LogP contribution in [0.4, 0.5) is 4.39 Å². The summed E-state index contributed by atoms with van der Waals surface area (Å²) in [5, 5.41) is 0. The molecule has 0 aliphatic rings. The molecule has 6 heteroatoms. The number of rotatable bonds is 7. The molecular formula is C13H16FNO3S. The van der Waals surface area contributed by atoms with Gasteiger partial charge in [0.2, 0.25) is 0 Å². The standard InChI is InChI=1S/C13H16FNO3S/c1-2-3-6-17-12(16)8-18-9-4-5-10(13(15)19)11(14)7-9/h4-5,7H,2-3,6,8H2,1H3,(H2,15,19). The average Bonchev–Trinajstić information content (AvgIpc) is 2.36. The molecule has 4 nitrogen and oxygen atoms in total. The predicted molar refractivity (Wildman–Crippen MR) is 73.6 cm³/mol. The van der Waals surface area contributed by atoms with E-state index in [9.17, 15) is 9.18 Å². The van der Waals surface area contributed by atoms with E-state index in [2.05, 4.69) is 12.2 Å². The number of benzene rings is 1. The van der Waals surface area contributed by atoms with Crippen molar-refractivity contribution in [2.75, 3.05) is 13.2 Å². The van der Waals surface area contributed by atoms with Crippen LogP contribution in [0.1, 0.15) is 25.3 Å². The van der Waals surface area contributed by atoms with Crippen molar-refractivity contribution in [1.29, 1.82) is 0 Å². The molecule has 19 heavy (non-hydrogen) atoms. The SMILES string of the molecule is CCCCOC(=O)COc1ccc(C(N)=S)c(F)c1. The van der Waals surface area contributed by atoms with E-state index < -0.39 is 11.8 Å². The molecule has 0 amide bonds. The van der Waals surface area contributed by atoms with E-state index in [1.54, 1.807) is 0 Å². The highest BCUT2D eigenvalue weighted by Crippen LogP contribution is 2.16. The molecule has 0 fully saturated rings. The number of ether oxygens (including phenoxy) is 2. The van der Waals surface area contributed by atoms with Crippen LogP contribution < -0.4 is 10.5 Å². The smallest absolute Gasteiger partial charge is 0.344 e. The van der Waals surface area contributed by atoms with Gasteiger partial charge in [0.05, 0.1) is 6.61 Å². The van der Waals surface area contributed by atoms with E-state index in [0.717, 1.165) is 18.9 Å². The first-order valence-corrected chi connectivity index (χ1v) is 6.33. The highest BCUT2D eigenvalue weighted by molar-refractivity contribution is 7.80. The molecule has 1 aromatic carbocycles. The molecule has 0 unspecified atom stereocenters. The van der Waals surface area contributed by atoms with Crippen molar-refractivity contribution < 1.29 is 18.7 Å². The van der Waals surface area contributed by atoms with Gasteiger partial charge in [-0.2, -0.15) is 0 Å². The highest BCUT2D eigenvalue weighted by atomic mass is 32.1. The Bertz CT molecular complexity index is 465. The normalized spacial score (nSPS) is 10.0. The number of esters is 1. The van der Waals surface area contributed by atoms with Gasteiger partial charge in [-0.1, -0.05) is 25.6 Å². The van der Waals surface area contributed by atoms with Gasteiger partial charge in [-0.3, -0.25) is 0 Å². The van der Waals surface area contributed by atoms with Gasteiger partial charge >= 0.3 is 5.97 Å². The molecule has 1 aromatic rings. The summed E-state index contributed by atoms with van der Waals surface area (Å²) in [6.45, 7) is 2.11. The van der Waals surface area contributed by atoms with Crippen LogP contribution in [0.3, 0.4) is 0 Å². The molecule has 0 aliphatic heterocycles. The first-order chi connectivity index (χ1) is 9.04. The second kappa shape index (κ2) is 7.68. The number of unbranched alkanes of at least 4 members (excludes halogenated alkanes) is 1. The summed E-state index contributed by atoms with van der Waals surface area (Å²) >= 11 is 4.68. The van der Waals surface area contributed by atoms with Crippen molar-refractivity contribution in [3.8, 4) is 5.75 Å². The number of carbonyl (C=O) groups excluding carboxylic acids is 1. The fourth-order valence-corrected chi connectivity index (χ4v) is 1.47. The third kappa shape index (κ3) is 5.21. The molecule has 0 radical (unpaired) electrons. The molecule has 1 rings (SSSR count). The van der Waals surface area contributed by atoms with E-state index in [0.29, 0.717) is 6.61 Å². The van der Waals surface area contributed by atoms with Crippen LogP contribution in [0, 0.1) is 5.82 Å². The van der Waals surface area contributed by atoms with Gasteiger partial charge in [0.25, 0.3) is 0 Å². The maximum Gasteiger partial charge on any atom is 0.344 e. The fraction of sp³-hybridized carbons (Fsp3) is 0.385. The zero-order valence-electron chi connectivity index (χ0n) is 10.6. The van der Waals surface area contributed by atoms with Crippen LogP contribution in [0.2, 0.25) is 0 Å². The summed E-state index contributed by atoms with van der Waals surface area (Å²) in [5.41, 5.74) is 5.48. The Morgan fingerprint density at radius 3 is 2.79 bits per heavy atom. The molecule has 0 aromatic heterocycles. The molecular weight excluding hydrogens is 269 g/mol. The van der Waals surface area contributed by atoms with E-state index in [-0.39, 0.29) is 22.9 Å². The van der Waals surface area contributed by atoms with Crippen LogP contribution in [0.5, 0.6) is 5.75 Å². The van der Waals surface area contributed by atoms with Gasteiger partial charge in [-0.05, 0) is 18.6 Å². The Labute approximate surface area is 116 Å².